The molecular weight excluding hydrogens is 300 g/mol. The first-order valence-electron chi connectivity index (χ1n) is 7.77. The van der Waals surface area contributed by atoms with E-state index in [0.717, 1.165) is 30.5 Å². The van der Waals surface area contributed by atoms with E-state index < -0.39 is 0 Å². The quantitative estimate of drug-likeness (QED) is 0.741. The van der Waals surface area contributed by atoms with Crippen molar-refractivity contribution in [1.82, 2.24) is 5.32 Å². The number of halogens is 1. The van der Waals surface area contributed by atoms with Gasteiger partial charge in [-0.3, -0.25) is 9.59 Å². The van der Waals surface area contributed by atoms with Crippen LogP contribution in [0.4, 0.5) is 5.69 Å². The van der Waals surface area contributed by atoms with Gasteiger partial charge in [0.1, 0.15) is 0 Å². The molecule has 0 aromatic heterocycles. The normalized spacial score (nSPS) is 10.4. The third-order valence-electron chi connectivity index (χ3n) is 3.57. The number of unbranched alkanes of at least 4 members (excludes halogenated alkanes) is 2. The van der Waals surface area contributed by atoms with Crippen LogP contribution in [0.1, 0.15) is 45.1 Å². The number of carbonyl (C=O) groups excluding carboxylic acids is 2. The van der Waals surface area contributed by atoms with Gasteiger partial charge in [0, 0.05) is 37.1 Å². The van der Waals surface area contributed by atoms with Gasteiger partial charge in [-0.15, -0.1) is 0 Å². The van der Waals surface area contributed by atoms with Gasteiger partial charge in [-0.05, 0) is 31.0 Å². The molecule has 0 aliphatic carbocycles. The summed E-state index contributed by atoms with van der Waals surface area (Å²) in [4.78, 5) is 25.3. The van der Waals surface area contributed by atoms with E-state index in [1.807, 2.05) is 19.1 Å². The number of anilines is 1. The van der Waals surface area contributed by atoms with Gasteiger partial charge in [0.2, 0.25) is 11.8 Å². The summed E-state index contributed by atoms with van der Waals surface area (Å²) in [6.45, 7) is 6.55. The van der Waals surface area contributed by atoms with Gasteiger partial charge in [-0.1, -0.05) is 37.4 Å². The van der Waals surface area contributed by atoms with E-state index in [2.05, 4.69) is 12.2 Å². The predicted octanol–water partition coefficient (Wildman–Crippen LogP) is 3.70. The summed E-state index contributed by atoms with van der Waals surface area (Å²) in [6, 6.07) is 5.45. The molecule has 0 aliphatic heterocycles. The van der Waals surface area contributed by atoms with E-state index in [9.17, 15) is 9.59 Å². The lowest BCUT2D eigenvalue weighted by Crippen LogP contribution is -2.34. The van der Waals surface area contributed by atoms with Crippen LogP contribution in [0.15, 0.2) is 18.2 Å². The molecular formula is C17H25ClN2O2. The van der Waals surface area contributed by atoms with Crippen molar-refractivity contribution in [2.75, 3.05) is 18.0 Å². The Labute approximate surface area is 137 Å². The molecule has 0 fully saturated rings. The Morgan fingerprint density at radius 3 is 2.64 bits per heavy atom. The maximum absolute atomic E-state index is 11.9. The SMILES string of the molecule is CCCCCNC(=O)CCN(C(C)=O)c1cccc(Cl)c1C. The van der Waals surface area contributed by atoms with Crippen LogP contribution in [0.5, 0.6) is 0 Å². The minimum absolute atomic E-state index is 0.0259. The summed E-state index contributed by atoms with van der Waals surface area (Å²) in [5, 5.41) is 3.50. The molecule has 1 rings (SSSR count). The lowest BCUT2D eigenvalue weighted by Gasteiger charge is -2.23. The molecule has 0 unspecified atom stereocenters. The Balaban J connectivity index is 2.60. The Kier molecular flexibility index (Phi) is 7.96. The fraction of sp³-hybridized carbons (Fsp3) is 0.529. The number of hydrogen-bond acceptors (Lipinski definition) is 2. The third-order valence-corrected chi connectivity index (χ3v) is 3.98. The van der Waals surface area contributed by atoms with E-state index in [4.69, 9.17) is 11.6 Å². The van der Waals surface area contributed by atoms with Crippen LogP contribution in [0.2, 0.25) is 5.02 Å². The molecule has 1 aromatic carbocycles. The average Bonchev–Trinajstić information content (AvgIpc) is 2.47. The summed E-state index contributed by atoms with van der Waals surface area (Å²) in [5.74, 6) is -0.119. The molecule has 0 radical (unpaired) electrons. The molecule has 0 saturated heterocycles. The zero-order valence-electron chi connectivity index (χ0n) is 13.6. The highest BCUT2D eigenvalue weighted by Gasteiger charge is 2.16. The highest BCUT2D eigenvalue weighted by molar-refractivity contribution is 6.31. The summed E-state index contributed by atoms with van der Waals surface area (Å²) in [5.41, 5.74) is 1.61. The molecule has 0 spiro atoms. The second-order valence-corrected chi connectivity index (χ2v) is 5.77. The summed E-state index contributed by atoms with van der Waals surface area (Å²) in [7, 11) is 0. The molecule has 1 N–H and O–H groups in total. The van der Waals surface area contributed by atoms with Crippen LogP contribution in [-0.2, 0) is 9.59 Å². The topological polar surface area (TPSA) is 49.4 Å². The van der Waals surface area contributed by atoms with Crippen molar-refractivity contribution in [2.24, 2.45) is 0 Å². The maximum Gasteiger partial charge on any atom is 0.223 e. The van der Waals surface area contributed by atoms with Crippen molar-refractivity contribution < 1.29 is 9.59 Å². The Hall–Kier alpha value is -1.55. The van der Waals surface area contributed by atoms with Crippen molar-refractivity contribution in [3.63, 3.8) is 0 Å². The molecule has 0 atom stereocenters. The maximum atomic E-state index is 11.9. The largest absolute Gasteiger partial charge is 0.356 e. The minimum atomic E-state index is -0.0934. The van der Waals surface area contributed by atoms with Crippen molar-refractivity contribution in [2.45, 2.75) is 46.5 Å². The van der Waals surface area contributed by atoms with Crippen molar-refractivity contribution >= 4 is 29.1 Å². The van der Waals surface area contributed by atoms with Gasteiger partial charge < -0.3 is 10.2 Å². The van der Waals surface area contributed by atoms with Crippen LogP contribution in [-0.4, -0.2) is 24.9 Å². The molecule has 1 aromatic rings. The number of hydrogen-bond donors (Lipinski definition) is 1. The van der Waals surface area contributed by atoms with Gasteiger partial charge in [-0.2, -0.15) is 0 Å². The molecule has 0 saturated carbocycles. The van der Waals surface area contributed by atoms with Crippen LogP contribution < -0.4 is 10.2 Å². The predicted molar refractivity (Wildman–Crippen MR) is 91.4 cm³/mol. The fourth-order valence-corrected chi connectivity index (χ4v) is 2.41. The number of nitrogens with zero attached hydrogens (tertiary/aromatic N) is 1. The van der Waals surface area contributed by atoms with Crippen molar-refractivity contribution in [3.05, 3.63) is 28.8 Å². The van der Waals surface area contributed by atoms with E-state index in [0.29, 0.717) is 18.1 Å². The lowest BCUT2D eigenvalue weighted by atomic mass is 10.1. The van der Waals surface area contributed by atoms with E-state index in [1.54, 1.807) is 11.0 Å². The lowest BCUT2D eigenvalue weighted by molar-refractivity contribution is -0.121. The molecule has 22 heavy (non-hydrogen) atoms. The van der Waals surface area contributed by atoms with Crippen LogP contribution in [0.25, 0.3) is 0 Å². The van der Waals surface area contributed by atoms with Crippen molar-refractivity contribution in [3.8, 4) is 0 Å². The molecule has 122 valence electrons. The smallest absolute Gasteiger partial charge is 0.223 e. The monoisotopic (exact) mass is 324 g/mol. The molecule has 0 bridgehead atoms. The standard InChI is InChI=1S/C17H25ClN2O2/c1-4-5-6-11-19-17(22)10-12-20(14(3)21)16-9-7-8-15(18)13(16)2/h7-9H,4-6,10-12H2,1-3H3,(H,19,22). The Morgan fingerprint density at radius 1 is 1.27 bits per heavy atom. The number of rotatable bonds is 8. The van der Waals surface area contributed by atoms with Crippen molar-refractivity contribution in [1.29, 1.82) is 0 Å². The van der Waals surface area contributed by atoms with E-state index >= 15 is 0 Å². The molecule has 0 aliphatic rings. The van der Waals surface area contributed by atoms with Crippen LogP contribution in [0.3, 0.4) is 0 Å². The highest BCUT2D eigenvalue weighted by atomic mass is 35.5. The molecule has 0 heterocycles. The highest BCUT2D eigenvalue weighted by Crippen LogP contribution is 2.26. The van der Waals surface area contributed by atoms with E-state index in [1.165, 1.54) is 6.92 Å². The number of carbonyl (C=O) groups is 2. The van der Waals surface area contributed by atoms with Gasteiger partial charge >= 0.3 is 0 Å². The zero-order valence-corrected chi connectivity index (χ0v) is 14.4. The number of nitrogens with one attached hydrogen (secondary N) is 1. The minimum Gasteiger partial charge on any atom is -0.356 e. The first-order chi connectivity index (χ1) is 10.5. The van der Waals surface area contributed by atoms with Gasteiger partial charge in [0.15, 0.2) is 0 Å². The zero-order chi connectivity index (χ0) is 16.5. The summed E-state index contributed by atoms with van der Waals surface area (Å²) < 4.78 is 0. The van der Waals surface area contributed by atoms with Gasteiger partial charge in [0.25, 0.3) is 0 Å². The van der Waals surface area contributed by atoms with Crippen LogP contribution in [0, 0.1) is 6.92 Å². The summed E-state index contributed by atoms with van der Waals surface area (Å²) in [6.07, 6.45) is 3.52. The Morgan fingerprint density at radius 2 is 2.00 bits per heavy atom. The number of amides is 2. The Bertz CT molecular complexity index is 517. The third kappa shape index (κ3) is 5.68. The molecule has 2 amide bonds. The summed E-state index contributed by atoms with van der Waals surface area (Å²) >= 11 is 6.11. The number of benzene rings is 1. The average molecular weight is 325 g/mol. The molecule has 4 nitrogen and oxygen atoms in total. The van der Waals surface area contributed by atoms with Gasteiger partial charge in [-0.25, -0.2) is 0 Å². The fourth-order valence-electron chi connectivity index (χ4n) is 2.24. The van der Waals surface area contributed by atoms with E-state index in [-0.39, 0.29) is 18.2 Å². The van der Waals surface area contributed by atoms with Crippen LogP contribution >= 0.6 is 11.6 Å². The van der Waals surface area contributed by atoms with Gasteiger partial charge in [0.05, 0.1) is 0 Å². The first-order valence-corrected chi connectivity index (χ1v) is 8.15. The first kappa shape index (κ1) is 18.5. The second-order valence-electron chi connectivity index (χ2n) is 5.36. The molecule has 5 heteroatoms. The second kappa shape index (κ2) is 9.46.